The minimum Gasteiger partial charge on any atom is -0.345 e. The van der Waals surface area contributed by atoms with Gasteiger partial charge in [-0.25, -0.2) is 13.4 Å². The number of hydrogen-bond donors (Lipinski definition) is 1. The number of hydrogen-bond acceptors (Lipinski definition) is 5. The summed E-state index contributed by atoms with van der Waals surface area (Å²) >= 11 is 0. The van der Waals surface area contributed by atoms with Crippen LogP contribution in [0.3, 0.4) is 0 Å². The number of nitrogens with zero attached hydrogens (tertiary/aromatic N) is 2. The average Bonchev–Trinajstić information content (AvgIpc) is 2.61. The molecule has 0 fully saturated rings. The van der Waals surface area contributed by atoms with Gasteiger partial charge in [-0.2, -0.15) is 0 Å². The normalized spacial score (nSPS) is 12.7. The average molecular weight is 385 g/mol. The van der Waals surface area contributed by atoms with Crippen molar-refractivity contribution in [1.82, 2.24) is 14.7 Å². The van der Waals surface area contributed by atoms with E-state index in [1.54, 1.807) is 31.3 Å². The third kappa shape index (κ3) is 3.90. The fourth-order valence-electron chi connectivity index (χ4n) is 2.70. The molecule has 1 atom stereocenters. The zero-order chi connectivity index (χ0) is 19.8. The van der Waals surface area contributed by atoms with Crippen LogP contribution >= 0.6 is 0 Å². The molecule has 7 nitrogen and oxygen atoms in total. The molecule has 0 aliphatic heterocycles. The molecule has 1 N–H and O–H groups in total. The summed E-state index contributed by atoms with van der Waals surface area (Å²) in [4.78, 5) is 29.5. The van der Waals surface area contributed by atoms with E-state index in [0.29, 0.717) is 5.65 Å². The quantitative estimate of drug-likeness (QED) is 0.740. The minimum atomic E-state index is -3.28. The number of carbonyl (C=O) groups excluding carboxylic acids is 1. The molecular weight excluding hydrogens is 366 g/mol. The third-order valence-electron chi connectivity index (χ3n) is 4.25. The highest BCUT2D eigenvalue weighted by molar-refractivity contribution is 7.90. The first-order valence-electron chi connectivity index (χ1n) is 8.26. The summed E-state index contributed by atoms with van der Waals surface area (Å²) in [5, 5.41) is 2.75. The van der Waals surface area contributed by atoms with Crippen LogP contribution in [0.25, 0.3) is 5.65 Å². The highest BCUT2D eigenvalue weighted by atomic mass is 32.2. The van der Waals surface area contributed by atoms with Crippen LogP contribution in [0, 0.1) is 6.92 Å². The monoisotopic (exact) mass is 385 g/mol. The molecule has 0 aliphatic carbocycles. The number of nitrogens with one attached hydrogen (secondary N) is 1. The Bertz CT molecular complexity index is 1180. The van der Waals surface area contributed by atoms with Gasteiger partial charge in [-0.05, 0) is 43.2 Å². The molecule has 3 aromatic rings. The van der Waals surface area contributed by atoms with Crippen LogP contribution < -0.4 is 10.9 Å². The fourth-order valence-corrected chi connectivity index (χ4v) is 3.33. The van der Waals surface area contributed by atoms with Crippen LogP contribution in [0.1, 0.15) is 34.5 Å². The fraction of sp³-hybridized carbons (Fsp3) is 0.211. The molecule has 27 heavy (non-hydrogen) atoms. The predicted molar refractivity (Wildman–Crippen MR) is 102 cm³/mol. The summed E-state index contributed by atoms with van der Waals surface area (Å²) in [6, 6.07) is 9.38. The Morgan fingerprint density at radius 3 is 2.44 bits per heavy atom. The second kappa shape index (κ2) is 6.96. The van der Waals surface area contributed by atoms with Crippen LogP contribution in [0.4, 0.5) is 0 Å². The highest BCUT2D eigenvalue weighted by Crippen LogP contribution is 2.16. The largest absolute Gasteiger partial charge is 0.345 e. The summed E-state index contributed by atoms with van der Waals surface area (Å²) < 4.78 is 24.4. The number of rotatable bonds is 4. The molecule has 0 saturated carbocycles. The second-order valence-electron chi connectivity index (χ2n) is 6.45. The number of carbonyl (C=O) groups is 1. The van der Waals surface area contributed by atoms with Crippen molar-refractivity contribution in [2.24, 2.45) is 0 Å². The molecule has 1 aromatic carbocycles. The molecule has 0 spiro atoms. The van der Waals surface area contributed by atoms with Gasteiger partial charge in [-0.15, -0.1) is 0 Å². The van der Waals surface area contributed by atoms with E-state index in [9.17, 15) is 18.0 Å². The second-order valence-corrected chi connectivity index (χ2v) is 8.46. The van der Waals surface area contributed by atoms with Crippen LogP contribution in [-0.2, 0) is 9.84 Å². The predicted octanol–water partition coefficient (Wildman–Crippen LogP) is 1.90. The molecule has 0 saturated heterocycles. The lowest BCUT2D eigenvalue weighted by molar-refractivity contribution is 0.0937. The highest BCUT2D eigenvalue weighted by Gasteiger charge is 2.17. The Kier molecular flexibility index (Phi) is 4.84. The van der Waals surface area contributed by atoms with Crippen molar-refractivity contribution in [3.63, 3.8) is 0 Å². The van der Waals surface area contributed by atoms with E-state index in [-0.39, 0.29) is 10.5 Å². The van der Waals surface area contributed by atoms with Crippen LogP contribution in [0.15, 0.2) is 58.5 Å². The molecule has 2 heterocycles. The van der Waals surface area contributed by atoms with Crippen molar-refractivity contribution in [3.8, 4) is 0 Å². The SMILES string of the molecule is Cc1ccc2ncc(C(=O)NC(C)c3ccc(S(C)(=O)=O)cc3)c(=O)n2c1. The minimum absolute atomic E-state index is 0.0577. The van der Waals surface area contributed by atoms with E-state index in [4.69, 9.17) is 0 Å². The number of pyridine rings is 1. The van der Waals surface area contributed by atoms with Gasteiger partial charge in [0.2, 0.25) is 0 Å². The molecule has 3 rings (SSSR count). The van der Waals surface area contributed by atoms with Crippen LogP contribution in [0.2, 0.25) is 0 Å². The molecule has 140 valence electrons. The molecule has 1 unspecified atom stereocenters. The lowest BCUT2D eigenvalue weighted by atomic mass is 10.1. The van der Waals surface area contributed by atoms with Gasteiger partial charge in [0.25, 0.3) is 11.5 Å². The van der Waals surface area contributed by atoms with E-state index in [0.717, 1.165) is 17.4 Å². The molecule has 0 aliphatic rings. The Hall–Kier alpha value is -3.00. The van der Waals surface area contributed by atoms with E-state index >= 15 is 0 Å². The summed E-state index contributed by atoms with van der Waals surface area (Å²) in [5.41, 5.74) is 1.56. The van der Waals surface area contributed by atoms with Crippen LogP contribution in [-0.4, -0.2) is 30.0 Å². The lowest BCUT2D eigenvalue weighted by Gasteiger charge is -2.15. The lowest BCUT2D eigenvalue weighted by Crippen LogP contribution is -2.33. The van der Waals surface area contributed by atoms with Gasteiger partial charge < -0.3 is 5.32 Å². The van der Waals surface area contributed by atoms with E-state index in [1.165, 1.54) is 22.7 Å². The molecule has 0 radical (unpaired) electrons. The molecular formula is C19H19N3O4S. The summed E-state index contributed by atoms with van der Waals surface area (Å²) in [5.74, 6) is -0.539. The molecule has 1 amide bonds. The number of benzene rings is 1. The maximum atomic E-state index is 12.6. The van der Waals surface area contributed by atoms with Gasteiger partial charge in [0.1, 0.15) is 11.2 Å². The van der Waals surface area contributed by atoms with E-state index in [2.05, 4.69) is 10.3 Å². The van der Waals surface area contributed by atoms with Gasteiger partial charge in [-0.1, -0.05) is 18.2 Å². The van der Waals surface area contributed by atoms with E-state index < -0.39 is 27.3 Å². The smallest absolute Gasteiger partial charge is 0.270 e. The summed E-state index contributed by atoms with van der Waals surface area (Å²) in [6.45, 7) is 3.60. The van der Waals surface area contributed by atoms with Crippen LogP contribution in [0.5, 0.6) is 0 Å². The van der Waals surface area contributed by atoms with Crippen molar-refractivity contribution in [1.29, 1.82) is 0 Å². The van der Waals surface area contributed by atoms with Crippen molar-refractivity contribution in [2.45, 2.75) is 24.8 Å². The van der Waals surface area contributed by atoms with Gasteiger partial charge in [0, 0.05) is 18.6 Å². The number of aromatic nitrogens is 2. The maximum Gasteiger partial charge on any atom is 0.270 e. The number of aryl methyl sites for hydroxylation is 1. The Morgan fingerprint density at radius 2 is 1.81 bits per heavy atom. The maximum absolute atomic E-state index is 12.6. The Morgan fingerprint density at radius 1 is 1.15 bits per heavy atom. The van der Waals surface area contributed by atoms with Gasteiger partial charge in [0.05, 0.1) is 10.9 Å². The number of amides is 1. The zero-order valence-corrected chi connectivity index (χ0v) is 15.9. The third-order valence-corrected chi connectivity index (χ3v) is 5.38. The topological polar surface area (TPSA) is 97.6 Å². The Balaban J connectivity index is 1.86. The van der Waals surface area contributed by atoms with Gasteiger partial charge in [0.15, 0.2) is 9.84 Å². The first-order chi connectivity index (χ1) is 12.7. The standard InChI is InChI=1S/C19H19N3O4S/c1-12-4-9-17-20-10-16(19(24)22(17)11-12)18(23)21-13(2)14-5-7-15(8-6-14)27(3,25)26/h4-11,13H,1-3H3,(H,21,23). The van der Waals surface area contributed by atoms with Crippen molar-refractivity contribution < 1.29 is 13.2 Å². The summed E-state index contributed by atoms with van der Waals surface area (Å²) in [6.07, 6.45) is 4.03. The first kappa shape index (κ1) is 18.8. The van der Waals surface area contributed by atoms with Crippen molar-refractivity contribution >= 4 is 21.4 Å². The van der Waals surface area contributed by atoms with Crippen molar-refractivity contribution in [2.75, 3.05) is 6.26 Å². The van der Waals surface area contributed by atoms with Crippen molar-refractivity contribution in [3.05, 3.63) is 75.8 Å². The first-order valence-corrected chi connectivity index (χ1v) is 10.1. The molecule has 8 heteroatoms. The van der Waals surface area contributed by atoms with Gasteiger partial charge in [-0.3, -0.25) is 14.0 Å². The number of sulfone groups is 1. The van der Waals surface area contributed by atoms with E-state index in [1.807, 2.05) is 13.0 Å². The van der Waals surface area contributed by atoms with Gasteiger partial charge >= 0.3 is 0 Å². The summed E-state index contributed by atoms with van der Waals surface area (Å²) in [7, 11) is -3.28. The molecule has 0 bridgehead atoms. The zero-order valence-electron chi connectivity index (χ0n) is 15.1. The Labute approximate surface area is 156 Å². The molecule has 2 aromatic heterocycles. The number of fused-ring (bicyclic) bond motifs is 1.